The van der Waals surface area contributed by atoms with Gasteiger partial charge in [0, 0.05) is 6.07 Å². The van der Waals surface area contributed by atoms with Crippen molar-refractivity contribution in [3.63, 3.8) is 0 Å². The minimum atomic E-state index is -0.493. The average Bonchev–Trinajstić information content (AvgIpc) is 2.67. The smallest absolute Gasteiger partial charge is 0.273 e. The Morgan fingerprint density at radius 3 is 2.82 bits per heavy atom. The fraction of sp³-hybridized carbons (Fsp3) is 0.111. The van der Waals surface area contributed by atoms with E-state index in [2.05, 4.69) is 8.75 Å². The number of non-ortho nitro benzene ring substituents is 1. The van der Waals surface area contributed by atoms with Gasteiger partial charge in [-0.3, -0.25) is 10.1 Å². The standard InChI is InChI=1S/C9H6ClN3O3S/c1-5-2-3-6(13(14)15)4-7(5)16-9-8(10)11-17-12-9/h2-4H,1H3. The van der Waals surface area contributed by atoms with Gasteiger partial charge in [-0.25, -0.2) is 0 Å². The van der Waals surface area contributed by atoms with Crippen molar-refractivity contribution in [1.82, 2.24) is 8.75 Å². The van der Waals surface area contributed by atoms with Gasteiger partial charge in [-0.15, -0.1) is 4.37 Å². The lowest BCUT2D eigenvalue weighted by molar-refractivity contribution is -0.384. The number of hydrogen-bond donors (Lipinski definition) is 0. The molecule has 0 fully saturated rings. The highest BCUT2D eigenvalue weighted by Crippen LogP contribution is 2.31. The molecule has 2 aromatic rings. The van der Waals surface area contributed by atoms with Gasteiger partial charge in [0.25, 0.3) is 11.6 Å². The Morgan fingerprint density at radius 2 is 2.24 bits per heavy atom. The number of nitrogens with zero attached hydrogens (tertiary/aromatic N) is 3. The van der Waals surface area contributed by atoms with Crippen LogP contribution in [0.15, 0.2) is 18.2 Å². The number of aromatic nitrogens is 2. The van der Waals surface area contributed by atoms with Crippen LogP contribution in [0.1, 0.15) is 5.56 Å². The summed E-state index contributed by atoms with van der Waals surface area (Å²) in [5.41, 5.74) is 0.699. The first-order chi connectivity index (χ1) is 8.08. The lowest BCUT2D eigenvalue weighted by atomic mass is 10.2. The summed E-state index contributed by atoms with van der Waals surface area (Å²) in [6.45, 7) is 1.77. The predicted molar refractivity (Wildman–Crippen MR) is 62.8 cm³/mol. The molecule has 0 unspecified atom stereocenters. The zero-order valence-corrected chi connectivity index (χ0v) is 10.2. The summed E-state index contributed by atoms with van der Waals surface area (Å²) < 4.78 is 12.9. The Balaban J connectivity index is 2.35. The van der Waals surface area contributed by atoms with E-state index in [-0.39, 0.29) is 16.7 Å². The van der Waals surface area contributed by atoms with Crippen molar-refractivity contribution in [2.24, 2.45) is 0 Å². The van der Waals surface area contributed by atoms with Crippen molar-refractivity contribution in [3.05, 3.63) is 39.0 Å². The first-order valence-corrected chi connectivity index (χ1v) is 5.59. The van der Waals surface area contributed by atoms with E-state index in [9.17, 15) is 10.1 Å². The molecule has 0 spiro atoms. The molecule has 0 saturated heterocycles. The van der Waals surface area contributed by atoms with Gasteiger partial charge in [0.2, 0.25) is 5.15 Å². The average molecular weight is 272 g/mol. The number of aryl methyl sites for hydroxylation is 1. The van der Waals surface area contributed by atoms with E-state index < -0.39 is 4.92 Å². The maximum Gasteiger partial charge on any atom is 0.273 e. The molecule has 0 atom stereocenters. The molecule has 6 nitrogen and oxygen atoms in total. The van der Waals surface area contributed by atoms with Crippen molar-refractivity contribution >= 4 is 29.0 Å². The third-order valence-electron chi connectivity index (χ3n) is 2.01. The molecule has 0 aliphatic carbocycles. The largest absolute Gasteiger partial charge is 0.435 e. The van der Waals surface area contributed by atoms with Crippen LogP contribution in [-0.2, 0) is 0 Å². The minimum Gasteiger partial charge on any atom is -0.435 e. The monoisotopic (exact) mass is 271 g/mol. The van der Waals surface area contributed by atoms with Crippen LogP contribution in [0.2, 0.25) is 5.15 Å². The van der Waals surface area contributed by atoms with Crippen LogP contribution in [0, 0.1) is 17.0 Å². The molecule has 17 heavy (non-hydrogen) atoms. The van der Waals surface area contributed by atoms with E-state index in [1.165, 1.54) is 12.1 Å². The summed E-state index contributed by atoms with van der Waals surface area (Å²) in [5.74, 6) is 0.495. The Kier molecular flexibility index (Phi) is 3.21. The van der Waals surface area contributed by atoms with Gasteiger partial charge in [-0.2, -0.15) is 4.37 Å². The maximum absolute atomic E-state index is 10.6. The second kappa shape index (κ2) is 4.64. The number of rotatable bonds is 3. The number of nitro groups is 1. The summed E-state index contributed by atoms with van der Waals surface area (Å²) in [6, 6.07) is 4.33. The van der Waals surface area contributed by atoms with Crippen LogP contribution < -0.4 is 4.74 Å². The molecule has 0 radical (unpaired) electrons. The van der Waals surface area contributed by atoms with E-state index in [0.717, 1.165) is 17.3 Å². The third-order valence-corrected chi connectivity index (χ3v) is 2.87. The highest BCUT2D eigenvalue weighted by Gasteiger charge is 2.13. The van der Waals surface area contributed by atoms with E-state index >= 15 is 0 Å². The summed E-state index contributed by atoms with van der Waals surface area (Å²) in [7, 11) is 0. The lowest BCUT2D eigenvalue weighted by Gasteiger charge is -2.05. The summed E-state index contributed by atoms with van der Waals surface area (Å²) >= 11 is 6.63. The molecule has 8 heteroatoms. The Morgan fingerprint density at radius 1 is 1.47 bits per heavy atom. The van der Waals surface area contributed by atoms with Crippen molar-refractivity contribution in [3.8, 4) is 11.6 Å². The second-order valence-corrected chi connectivity index (χ2v) is 4.06. The summed E-state index contributed by atoms with van der Waals surface area (Å²) in [4.78, 5) is 10.1. The highest BCUT2D eigenvalue weighted by molar-refractivity contribution is 6.99. The maximum atomic E-state index is 10.6. The van der Waals surface area contributed by atoms with Crippen LogP contribution in [0.3, 0.4) is 0 Å². The zero-order chi connectivity index (χ0) is 12.4. The summed E-state index contributed by atoms with van der Waals surface area (Å²) in [6.07, 6.45) is 0. The third kappa shape index (κ3) is 2.51. The number of hydrogen-bond acceptors (Lipinski definition) is 6. The second-order valence-electron chi connectivity index (χ2n) is 3.17. The Labute approximate surface area is 105 Å². The van der Waals surface area contributed by atoms with Gasteiger partial charge in [-0.05, 0) is 18.6 Å². The molecule has 0 amide bonds. The number of halogens is 1. The van der Waals surface area contributed by atoms with Crippen LogP contribution in [0.4, 0.5) is 5.69 Å². The van der Waals surface area contributed by atoms with Crippen LogP contribution in [0.25, 0.3) is 0 Å². The lowest BCUT2D eigenvalue weighted by Crippen LogP contribution is -1.92. The Hall–Kier alpha value is -1.73. The molecule has 1 aromatic heterocycles. The minimum absolute atomic E-state index is 0.0510. The molecule has 0 aliphatic rings. The molecule has 88 valence electrons. The number of benzene rings is 1. The van der Waals surface area contributed by atoms with Crippen LogP contribution >= 0.6 is 23.3 Å². The topological polar surface area (TPSA) is 78.2 Å². The van der Waals surface area contributed by atoms with Gasteiger partial charge < -0.3 is 4.74 Å². The zero-order valence-electron chi connectivity index (χ0n) is 8.58. The Bertz CT molecular complexity index is 572. The number of nitro benzene ring substituents is 1. The molecule has 2 rings (SSSR count). The summed E-state index contributed by atoms with van der Waals surface area (Å²) in [5, 5.41) is 10.8. The molecule has 0 saturated carbocycles. The van der Waals surface area contributed by atoms with Gasteiger partial charge in [0.05, 0.1) is 22.7 Å². The molecule has 0 aliphatic heterocycles. The van der Waals surface area contributed by atoms with Crippen molar-refractivity contribution in [1.29, 1.82) is 0 Å². The van der Waals surface area contributed by atoms with Crippen LogP contribution in [0.5, 0.6) is 11.6 Å². The van der Waals surface area contributed by atoms with Crippen molar-refractivity contribution in [2.45, 2.75) is 6.92 Å². The quantitative estimate of drug-likeness (QED) is 0.633. The van der Waals surface area contributed by atoms with E-state index in [0.29, 0.717) is 5.75 Å². The first-order valence-electron chi connectivity index (χ1n) is 4.49. The first kappa shape index (κ1) is 11.7. The predicted octanol–water partition coefficient (Wildman–Crippen LogP) is 3.20. The van der Waals surface area contributed by atoms with E-state index in [1.54, 1.807) is 13.0 Å². The molecular formula is C9H6ClN3O3S. The molecule has 0 N–H and O–H groups in total. The molecule has 0 bridgehead atoms. The molecule has 1 heterocycles. The van der Waals surface area contributed by atoms with Gasteiger partial charge in [0.15, 0.2) is 0 Å². The van der Waals surface area contributed by atoms with Crippen molar-refractivity contribution < 1.29 is 9.66 Å². The fourth-order valence-electron chi connectivity index (χ4n) is 1.15. The van der Waals surface area contributed by atoms with E-state index in [1.807, 2.05) is 0 Å². The van der Waals surface area contributed by atoms with Crippen LogP contribution in [-0.4, -0.2) is 13.7 Å². The van der Waals surface area contributed by atoms with Gasteiger partial charge in [-0.1, -0.05) is 11.6 Å². The van der Waals surface area contributed by atoms with Gasteiger partial charge >= 0.3 is 0 Å². The molecular weight excluding hydrogens is 266 g/mol. The molecule has 1 aromatic carbocycles. The normalized spacial score (nSPS) is 10.2. The fourth-order valence-corrected chi connectivity index (χ4v) is 1.76. The van der Waals surface area contributed by atoms with Gasteiger partial charge in [0.1, 0.15) is 5.75 Å². The SMILES string of the molecule is Cc1ccc([N+](=O)[O-])cc1Oc1nsnc1Cl. The number of ether oxygens (including phenoxy) is 1. The highest BCUT2D eigenvalue weighted by atomic mass is 35.5. The van der Waals surface area contributed by atoms with E-state index in [4.69, 9.17) is 16.3 Å². The van der Waals surface area contributed by atoms with Crippen molar-refractivity contribution in [2.75, 3.05) is 0 Å².